The van der Waals surface area contributed by atoms with E-state index in [1.54, 1.807) is 13.0 Å². The number of benzene rings is 1. The first-order valence-electron chi connectivity index (χ1n) is 8.41. The Morgan fingerprint density at radius 3 is 2.76 bits per heavy atom. The summed E-state index contributed by atoms with van der Waals surface area (Å²) in [5, 5.41) is 5.52. The highest BCUT2D eigenvalue weighted by Gasteiger charge is 2.30. The van der Waals surface area contributed by atoms with Crippen molar-refractivity contribution in [2.45, 2.75) is 57.4 Å². The molecular formula is C17H24F2N2O3S. The molecule has 0 aromatic heterocycles. The van der Waals surface area contributed by atoms with Crippen molar-refractivity contribution >= 4 is 22.5 Å². The molecule has 0 spiro atoms. The zero-order valence-electron chi connectivity index (χ0n) is 14.4. The van der Waals surface area contributed by atoms with Crippen LogP contribution in [0.15, 0.2) is 18.2 Å². The molecule has 0 saturated heterocycles. The van der Waals surface area contributed by atoms with Crippen molar-refractivity contribution in [1.82, 2.24) is 5.32 Å². The molecule has 2 amide bonds. The molecular weight excluding hydrogens is 350 g/mol. The van der Waals surface area contributed by atoms with Gasteiger partial charge >= 0.3 is 12.6 Å². The molecule has 3 atom stereocenters. The van der Waals surface area contributed by atoms with Crippen molar-refractivity contribution in [2.24, 2.45) is 0 Å². The van der Waals surface area contributed by atoms with Crippen LogP contribution in [0.4, 0.5) is 19.3 Å². The highest BCUT2D eigenvalue weighted by atomic mass is 32.2. The maximum absolute atomic E-state index is 12.4. The maximum Gasteiger partial charge on any atom is 0.387 e. The van der Waals surface area contributed by atoms with Gasteiger partial charge in [0, 0.05) is 33.8 Å². The third-order valence-corrected chi connectivity index (χ3v) is 6.20. The van der Waals surface area contributed by atoms with Crippen LogP contribution in [0.25, 0.3) is 0 Å². The van der Waals surface area contributed by atoms with Gasteiger partial charge in [-0.15, -0.1) is 0 Å². The number of rotatable bonds is 6. The highest BCUT2D eigenvalue weighted by molar-refractivity contribution is 7.85. The topological polar surface area (TPSA) is 67.4 Å². The van der Waals surface area contributed by atoms with Crippen LogP contribution >= 0.6 is 0 Å². The molecule has 1 saturated carbocycles. The van der Waals surface area contributed by atoms with Crippen LogP contribution in [-0.4, -0.2) is 33.9 Å². The SMILES string of the molecule is CC[S@](=O)[C@@H]1CCCC[C@H]1NC(=O)Nc1cccc(OC(F)F)c1C. The van der Waals surface area contributed by atoms with E-state index >= 15 is 0 Å². The number of nitrogens with one attached hydrogen (secondary N) is 2. The van der Waals surface area contributed by atoms with Crippen molar-refractivity contribution in [3.8, 4) is 5.75 Å². The van der Waals surface area contributed by atoms with Crippen molar-refractivity contribution in [3.63, 3.8) is 0 Å². The van der Waals surface area contributed by atoms with Gasteiger partial charge in [0.15, 0.2) is 0 Å². The molecule has 1 fully saturated rings. The normalized spacial score (nSPS) is 21.6. The smallest absolute Gasteiger partial charge is 0.387 e. The summed E-state index contributed by atoms with van der Waals surface area (Å²) < 4.78 is 41.4. The Bertz CT molecular complexity index is 628. The molecule has 2 N–H and O–H groups in total. The van der Waals surface area contributed by atoms with Crippen molar-refractivity contribution < 1.29 is 22.5 Å². The Morgan fingerprint density at radius 2 is 2.08 bits per heavy atom. The molecule has 8 heteroatoms. The summed E-state index contributed by atoms with van der Waals surface area (Å²) >= 11 is 0. The average molecular weight is 374 g/mol. The van der Waals surface area contributed by atoms with E-state index in [4.69, 9.17) is 0 Å². The number of halogens is 2. The van der Waals surface area contributed by atoms with Gasteiger partial charge in [-0.05, 0) is 31.9 Å². The van der Waals surface area contributed by atoms with Crippen LogP contribution in [0, 0.1) is 6.92 Å². The number of amides is 2. The molecule has 0 aliphatic heterocycles. The van der Waals surface area contributed by atoms with Crippen LogP contribution in [0.5, 0.6) is 5.75 Å². The van der Waals surface area contributed by atoms with Crippen LogP contribution in [0.2, 0.25) is 0 Å². The van der Waals surface area contributed by atoms with Crippen molar-refractivity contribution in [1.29, 1.82) is 0 Å². The average Bonchev–Trinajstić information content (AvgIpc) is 2.58. The Morgan fingerprint density at radius 1 is 1.36 bits per heavy atom. The predicted octanol–water partition coefficient (Wildman–Crippen LogP) is 3.80. The standard InChI is InChI=1S/C17H24F2N2O3S/c1-3-25(23)15-10-5-4-7-13(15)21-17(22)20-12-8-6-9-14(11(12)2)24-16(18)19/h6,8-9,13,15-16H,3-5,7,10H2,1-2H3,(H2,20,21,22)/t13-,15-,25+/m1/s1. The second-order valence-electron chi connectivity index (χ2n) is 6.00. The second-order valence-corrected chi connectivity index (χ2v) is 7.95. The number of ether oxygens (including phenoxy) is 1. The minimum atomic E-state index is -2.92. The lowest BCUT2D eigenvalue weighted by Gasteiger charge is -2.31. The maximum atomic E-state index is 12.4. The van der Waals surface area contributed by atoms with Gasteiger partial charge in [-0.2, -0.15) is 8.78 Å². The Hall–Kier alpha value is -1.70. The van der Waals surface area contributed by atoms with Gasteiger partial charge < -0.3 is 15.4 Å². The summed E-state index contributed by atoms with van der Waals surface area (Å²) in [5.74, 6) is 0.590. The summed E-state index contributed by atoms with van der Waals surface area (Å²) in [4.78, 5) is 12.3. The molecule has 2 rings (SSSR count). The molecule has 1 aromatic rings. The molecule has 5 nitrogen and oxygen atoms in total. The van der Waals surface area contributed by atoms with E-state index in [-0.39, 0.29) is 17.0 Å². The molecule has 25 heavy (non-hydrogen) atoms. The van der Waals surface area contributed by atoms with Gasteiger partial charge in [0.25, 0.3) is 0 Å². The van der Waals surface area contributed by atoms with E-state index in [0.29, 0.717) is 17.0 Å². The molecule has 140 valence electrons. The van der Waals surface area contributed by atoms with E-state index < -0.39 is 23.4 Å². The zero-order valence-corrected chi connectivity index (χ0v) is 15.2. The first-order valence-corrected chi connectivity index (χ1v) is 9.79. The molecule has 1 aromatic carbocycles. The van der Waals surface area contributed by atoms with Crippen LogP contribution in [0.3, 0.4) is 0 Å². The van der Waals surface area contributed by atoms with E-state index in [1.165, 1.54) is 12.1 Å². The third-order valence-electron chi connectivity index (χ3n) is 4.39. The summed E-state index contributed by atoms with van der Waals surface area (Å²) in [6.45, 7) is 0.553. The quantitative estimate of drug-likeness (QED) is 0.796. The fourth-order valence-corrected chi connectivity index (χ4v) is 4.52. The Kier molecular flexibility index (Phi) is 7.16. The van der Waals surface area contributed by atoms with Gasteiger partial charge in [0.05, 0.1) is 5.25 Å². The molecule has 0 heterocycles. The van der Waals surface area contributed by atoms with Gasteiger partial charge in [-0.25, -0.2) is 4.79 Å². The van der Waals surface area contributed by atoms with E-state index in [9.17, 15) is 17.8 Å². The highest BCUT2D eigenvalue weighted by Crippen LogP contribution is 2.27. The van der Waals surface area contributed by atoms with Gasteiger partial charge in [-0.3, -0.25) is 4.21 Å². The second kappa shape index (κ2) is 9.12. The first-order chi connectivity index (χ1) is 11.9. The number of urea groups is 1. The third kappa shape index (κ3) is 5.39. The van der Waals surface area contributed by atoms with E-state index in [0.717, 1.165) is 25.7 Å². The number of carbonyl (C=O) groups is 1. The minimum absolute atomic E-state index is 0.0235. The Labute approximate surface area is 149 Å². The molecule has 1 aliphatic rings. The molecule has 1 aliphatic carbocycles. The van der Waals surface area contributed by atoms with Crippen LogP contribution in [-0.2, 0) is 10.8 Å². The lowest BCUT2D eigenvalue weighted by molar-refractivity contribution is -0.0502. The monoisotopic (exact) mass is 374 g/mol. The number of anilines is 1. The van der Waals surface area contributed by atoms with Crippen LogP contribution in [0.1, 0.15) is 38.2 Å². The van der Waals surface area contributed by atoms with Crippen molar-refractivity contribution in [3.05, 3.63) is 23.8 Å². The molecule has 0 radical (unpaired) electrons. The number of hydrogen-bond donors (Lipinski definition) is 2. The largest absolute Gasteiger partial charge is 0.434 e. The lowest BCUT2D eigenvalue weighted by atomic mass is 9.95. The first kappa shape index (κ1) is 19.6. The minimum Gasteiger partial charge on any atom is -0.434 e. The van der Waals surface area contributed by atoms with E-state index in [1.807, 2.05) is 6.92 Å². The van der Waals surface area contributed by atoms with Gasteiger partial charge in [0.2, 0.25) is 0 Å². The lowest BCUT2D eigenvalue weighted by Crippen LogP contribution is -2.48. The number of hydrogen-bond acceptors (Lipinski definition) is 3. The number of alkyl halides is 2. The number of carbonyl (C=O) groups excluding carboxylic acids is 1. The summed E-state index contributed by atoms with van der Waals surface area (Å²) in [6.07, 6.45) is 3.63. The van der Waals surface area contributed by atoms with Gasteiger partial charge in [-0.1, -0.05) is 25.8 Å². The zero-order chi connectivity index (χ0) is 18.4. The fraction of sp³-hybridized carbons (Fsp3) is 0.588. The summed E-state index contributed by atoms with van der Waals surface area (Å²) in [6, 6.07) is 4.01. The molecule has 0 bridgehead atoms. The fourth-order valence-electron chi connectivity index (χ4n) is 3.09. The Balaban J connectivity index is 2.03. The van der Waals surface area contributed by atoms with Gasteiger partial charge in [0.1, 0.15) is 5.75 Å². The summed E-state index contributed by atoms with van der Waals surface area (Å²) in [7, 11) is -0.967. The predicted molar refractivity (Wildman–Crippen MR) is 94.7 cm³/mol. The van der Waals surface area contributed by atoms with Crippen molar-refractivity contribution in [2.75, 3.05) is 11.1 Å². The summed E-state index contributed by atoms with van der Waals surface area (Å²) in [5.41, 5.74) is 0.829. The molecule has 0 unspecified atom stereocenters. The van der Waals surface area contributed by atoms with E-state index in [2.05, 4.69) is 15.4 Å². The van der Waals surface area contributed by atoms with Crippen LogP contribution < -0.4 is 15.4 Å².